The van der Waals surface area contributed by atoms with Gasteiger partial charge in [-0.25, -0.2) is 0 Å². The van der Waals surface area contributed by atoms with Gasteiger partial charge in [-0.3, -0.25) is 0 Å². The van der Waals surface area contributed by atoms with Crippen molar-refractivity contribution in [1.82, 2.24) is 0 Å². The Morgan fingerprint density at radius 3 is 2.32 bits per heavy atom. The molecule has 0 aliphatic rings. The molecule has 0 N–H and O–H groups in total. The topological polar surface area (TPSA) is 9.23 Å². The highest BCUT2D eigenvalue weighted by Gasteiger charge is 2.22. The molecule has 1 rings (SSSR count). The first kappa shape index (κ1) is 15.4. The minimum absolute atomic E-state index is 0.0193. The van der Waals surface area contributed by atoms with Crippen LogP contribution in [0.15, 0.2) is 67.0 Å². The second-order valence-corrected chi connectivity index (χ2v) is 5.57. The van der Waals surface area contributed by atoms with E-state index in [4.69, 9.17) is 4.65 Å². The highest BCUT2D eigenvalue weighted by Crippen LogP contribution is 2.26. The van der Waals surface area contributed by atoms with Gasteiger partial charge in [0.2, 0.25) is 0 Å². The van der Waals surface area contributed by atoms with Gasteiger partial charge in [0.1, 0.15) is 0 Å². The molecule has 0 bridgehead atoms. The summed E-state index contributed by atoms with van der Waals surface area (Å²) in [4.78, 5) is 0. The molecule has 0 unspecified atom stereocenters. The maximum Gasteiger partial charge on any atom is 0.388 e. The van der Waals surface area contributed by atoms with Crippen molar-refractivity contribution in [2.75, 3.05) is 0 Å². The highest BCUT2D eigenvalue weighted by molar-refractivity contribution is 6.66. The van der Waals surface area contributed by atoms with Crippen LogP contribution in [0.4, 0.5) is 0 Å². The van der Waals surface area contributed by atoms with E-state index >= 15 is 0 Å². The molecule has 0 radical (unpaired) electrons. The highest BCUT2D eigenvalue weighted by atomic mass is 16.4. The summed E-state index contributed by atoms with van der Waals surface area (Å²) >= 11 is 0. The van der Waals surface area contributed by atoms with Gasteiger partial charge < -0.3 is 4.65 Å². The van der Waals surface area contributed by atoms with Gasteiger partial charge in [-0.2, -0.15) is 0 Å². The Labute approximate surface area is 117 Å². The predicted octanol–water partition coefficient (Wildman–Crippen LogP) is 4.20. The van der Waals surface area contributed by atoms with E-state index in [1.54, 1.807) is 6.08 Å². The molecule has 0 aromatic heterocycles. The first-order valence-corrected chi connectivity index (χ1v) is 6.66. The molecular weight excluding hydrogens is 231 g/mol. The zero-order chi connectivity index (χ0) is 14.3. The van der Waals surface area contributed by atoms with Crippen LogP contribution in [-0.4, -0.2) is 6.92 Å². The van der Waals surface area contributed by atoms with E-state index in [2.05, 4.69) is 46.3 Å². The van der Waals surface area contributed by atoms with Crippen LogP contribution in [-0.2, 0) is 4.65 Å². The van der Waals surface area contributed by atoms with E-state index < -0.39 is 0 Å². The molecule has 1 nitrogen and oxygen atoms in total. The molecule has 0 heterocycles. The Morgan fingerprint density at radius 1 is 1.16 bits per heavy atom. The molecule has 2 heteroatoms. The maximum absolute atomic E-state index is 6.12. The first-order chi connectivity index (χ1) is 8.95. The lowest BCUT2D eigenvalue weighted by Gasteiger charge is -2.26. The van der Waals surface area contributed by atoms with Crippen molar-refractivity contribution in [2.24, 2.45) is 5.41 Å². The monoisotopic (exact) mass is 254 g/mol. The van der Waals surface area contributed by atoms with Crippen LogP contribution in [0.1, 0.15) is 20.8 Å². The summed E-state index contributed by atoms with van der Waals surface area (Å²) in [5.74, 6) is 0.974. The number of allylic oxidation sites excluding steroid dienone is 5. The fourth-order valence-electron chi connectivity index (χ4n) is 1.67. The van der Waals surface area contributed by atoms with Gasteiger partial charge in [0.25, 0.3) is 0 Å². The zero-order valence-electron chi connectivity index (χ0n) is 12.4. The van der Waals surface area contributed by atoms with E-state index in [1.807, 2.05) is 36.4 Å². The number of hydrogen-bond acceptors (Lipinski definition) is 1. The molecular formula is C17H23BO. The van der Waals surface area contributed by atoms with Gasteiger partial charge in [0.05, 0.1) is 5.76 Å². The minimum Gasteiger partial charge on any atom is -0.558 e. The molecule has 0 spiro atoms. The molecule has 19 heavy (non-hydrogen) atoms. The van der Waals surface area contributed by atoms with E-state index in [0.29, 0.717) is 0 Å². The van der Waals surface area contributed by atoms with Gasteiger partial charge in [-0.1, -0.05) is 75.9 Å². The van der Waals surface area contributed by atoms with Gasteiger partial charge >= 0.3 is 6.92 Å². The Bertz CT molecular complexity index is 452. The van der Waals surface area contributed by atoms with Gasteiger partial charge in [-0.15, -0.1) is 0 Å². The third-order valence-electron chi connectivity index (χ3n) is 2.81. The summed E-state index contributed by atoms with van der Waals surface area (Å²) in [7, 11) is 0. The zero-order valence-corrected chi connectivity index (χ0v) is 12.4. The summed E-state index contributed by atoms with van der Waals surface area (Å²) in [6, 6.07) is 10.3. The molecule has 0 saturated heterocycles. The van der Waals surface area contributed by atoms with Crippen molar-refractivity contribution >= 4 is 12.4 Å². The first-order valence-electron chi connectivity index (χ1n) is 6.66. The van der Waals surface area contributed by atoms with E-state index in [-0.39, 0.29) is 12.3 Å². The average Bonchev–Trinajstić information content (AvgIpc) is 2.37. The SMILES string of the molecule is C=C/C=C\C=C(/OB(C)c1ccccc1)C(C)(C)C. The molecule has 0 atom stereocenters. The van der Waals surface area contributed by atoms with Crippen molar-refractivity contribution in [3.05, 3.63) is 67.0 Å². The molecule has 0 saturated carbocycles. The summed E-state index contributed by atoms with van der Waals surface area (Å²) in [5.41, 5.74) is 1.17. The second kappa shape index (κ2) is 7.03. The van der Waals surface area contributed by atoms with Crippen LogP contribution < -0.4 is 5.46 Å². The average molecular weight is 254 g/mol. The normalized spacial score (nSPS) is 12.5. The quantitative estimate of drug-likeness (QED) is 0.434. The Hall–Kier alpha value is -1.70. The minimum atomic E-state index is -0.0193. The Balaban J connectivity index is 2.87. The van der Waals surface area contributed by atoms with Crippen LogP contribution in [0.3, 0.4) is 0 Å². The summed E-state index contributed by atoms with van der Waals surface area (Å²) in [5, 5.41) is 0. The maximum atomic E-state index is 6.12. The summed E-state index contributed by atoms with van der Waals surface area (Å²) in [6.45, 7) is 12.2. The third-order valence-corrected chi connectivity index (χ3v) is 2.81. The van der Waals surface area contributed by atoms with Gasteiger partial charge in [0.15, 0.2) is 0 Å². The standard InChI is InChI=1S/C17H23BO/c1-6-7-9-14-16(17(2,3)4)19-18(5)15-12-10-8-11-13-15/h6-14H,1H2,2-5H3/b9-7-,16-14-. The van der Waals surface area contributed by atoms with Crippen molar-refractivity contribution < 1.29 is 4.65 Å². The second-order valence-electron chi connectivity index (χ2n) is 5.57. The van der Waals surface area contributed by atoms with Gasteiger partial charge in [-0.05, 0) is 18.4 Å². The van der Waals surface area contributed by atoms with Crippen molar-refractivity contribution in [3.63, 3.8) is 0 Å². The molecule has 0 aliphatic carbocycles. The van der Waals surface area contributed by atoms with Crippen molar-refractivity contribution in [3.8, 4) is 0 Å². The Kier molecular flexibility index (Phi) is 5.69. The van der Waals surface area contributed by atoms with E-state index in [9.17, 15) is 0 Å². The molecule has 0 aliphatic heterocycles. The predicted molar refractivity (Wildman–Crippen MR) is 85.7 cm³/mol. The fourth-order valence-corrected chi connectivity index (χ4v) is 1.67. The molecule has 100 valence electrons. The molecule has 1 aromatic carbocycles. The lowest BCUT2D eigenvalue weighted by atomic mass is 9.63. The lowest BCUT2D eigenvalue weighted by molar-refractivity contribution is 0.301. The largest absolute Gasteiger partial charge is 0.558 e. The van der Waals surface area contributed by atoms with Crippen molar-refractivity contribution in [2.45, 2.75) is 27.6 Å². The summed E-state index contributed by atoms with van der Waals surface area (Å²) in [6.07, 6.45) is 7.64. The third kappa shape index (κ3) is 5.21. The van der Waals surface area contributed by atoms with Crippen LogP contribution >= 0.6 is 0 Å². The number of rotatable bonds is 5. The van der Waals surface area contributed by atoms with Crippen LogP contribution in [0, 0.1) is 5.41 Å². The van der Waals surface area contributed by atoms with Gasteiger partial charge in [0, 0.05) is 5.41 Å². The number of hydrogen-bond donors (Lipinski definition) is 0. The molecule has 0 fully saturated rings. The van der Waals surface area contributed by atoms with Crippen molar-refractivity contribution in [1.29, 1.82) is 0 Å². The van der Waals surface area contributed by atoms with E-state index in [1.165, 1.54) is 5.46 Å². The molecule has 0 amide bonds. The fraction of sp³-hybridized carbons (Fsp3) is 0.294. The van der Waals surface area contributed by atoms with Crippen LogP contribution in [0.2, 0.25) is 6.82 Å². The number of benzene rings is 1. The van der Waals surface area contributed by atoms with E-state index in [0.717, 1.165) is 5.76 Å². The molecule has 1 aromatic rings. The van der Waals surface area contributed by atoms with Crippen LogP contribution in [0.5, 0.6) is 0 Å². The lowest BCUT2D eigenvalue weighted by Crippen LogP contribution is -2.32. The Morgan fingerprint density at radius 2 is 1.79 bits per heavy atom. The smallest absolute Gasteiger partial charge is 0.388 e. The summed E-state index contributed by atoms with van der Waals surface area (Å²) < 4.78 is 6.12. The van der Waals surface area contributed by atoms with Crippen LogP contribution in [0.25, 0.3) is 0 Å².